The number of pyridine rings is 2. The Morgan fingerprint density at radius 2 is 1.27 bits per heavy atom. The molecule has 8 fully saturated rings. The van der Waals surface area contributed by atoms with E-state index in [2.05, 4.69) is 17.6 Å². The van der Waals surface area contributed by atoms with Gasteiger partial charge in [0.25, 0.3) is 0 Å². The van der Waals surface area contributed by atoms with E-state index in [4.69, 9.17) is 33.2 Å². The third-order valence-electron chi connectivity index (χ3n) is 20.7. The van der Waals surface area contributed by atoms with Gasteiger partial charge >= 0.3 is 23.9 Å². The summed E-state index contributed by atoms with van der Waals surface area (Å²) in [6.07, 6.45) is 7.53. The Labute approximate surface area is 511 Å². The molecule has 4 aromatic rings. The highest BCUT2D eigenvalue weighted by Gasteiger charge is 2.83. The maximum atomic E-state index is 16.3. The van der Waals surface area contributed by atoms with Crippen LogP contribution in [0.15, 0.2) is 45.8 Å². The molecule has 22 nitrogen and oxygen atoms in total. The van der Waals surface area contributed by atoms with Gasteiger partial charge in [0.2, 0.25) is 16.6 Å². The molecule has 13 rings (SSSR count). The van der Waals surface area contributed by atoms with E-state index < -0.39 is 119 Å². The van der Waals surface area contributed by atoms with Gasteiger partial charge in [-0.2, -0.15) is 0 Å². The zero-order valence-electron chi connectivity index (χ0n) is 50.8. The number of aromatic nitrogens is 2. The highest BCUT2D eigenvalue weighted by atomic mass is 19.1. The number of fused-ring (bicyclic) bond motifs is 6. The number of aliphatic hydroxyl groups is 1. The molecule has 3 unspecified atom stereocenters. The zero-order valence-corrected chi connectivity index (χ0v) is 50.8. The number of nitrogens with zero attached hydrogens (tertiary/aromatic N) is 4. The summed E-state index contributed by atoms with van der Waals surface area (Å²) in [6.45, 7) is 6.84. The average molecular weight is 1240 g/mol. The summed E-state index contributed by atoms with van der Waals surface area (Å²) >= 11 is 0. The van der Waals surface area contributed by atoms with Gasteiger partial charge < -0.3 is 67.8 Å². The van der Waals surface area contributed by atoms with Crippen LogP contribution in [-0.4, -0.2) is 158 Å². The van der Waals surface area contributed by atoms with Gasteiger partial charge in [0.1, 0.15) is 41.3 Å². The predicted octanol–water partition coefficient (Wildman–Crippen LogP) is 5.70. The molecule has 2 aromatic carbocycles. The van der Waals surface area contributed by atoms with E-state index >= 15 is 8.78 Å². The third kappa shape index (κ3) is 10.6. The molecule has 89 heavy (non-hydrogen) atoms. The van der Waals surface area contributed by atoms with Gasteiger partial charge in [0, 0.05) is 88.7 Å². The summed E-state index contributed by atoms with van der Waals surface area (Å²) in [6, 6.07) is 1.91. The Morgan fingerprint density at radius 3 is 1.79 bits per heavy atom. The number of hydrogen-bond acceptors (Lipinski definition) is 20. The number of carbonyl (C=O) groups excluding carboxylic acids is 6. The minimum atomic E-state index is -1.62. The summed E-state index contributed by atoms with van der Waals surface area (Å²) in [5.74, 6) is -5.86. The molecule has 3 N–H and O–H groups in total. The van der Waals surface area contributed by atoms with E-state index in [-0.39, 0.29) is 93.2 Å². The number of halogens is 2. The number of aliphatic hydroxyl groups excluding tert-OH is 1. The van der Waals surface area contributed by atoms with Gasteiger partial charge in [-0.25, -0.2) is 18.4 Å². The van der Waals surface area contributed by atoms with Gasteiger partial charge in [-0.15, -0.1) is 0 Å². The number of carbonyl (C=O) groups is 6. The van der Waals surface area contributed by atoms with Crippen LogP contribution in [0.2, 0.25) is 0 Å². The van der Waals surface area contributed by atoms with Crippen LogP contribution < -0.4 is 40.8 Å². The topological polar surface area (TPSA) is 265 Å². The Hall–Kier alpha value is -7.28. The van der Waals surface area contributed by atoms with Crippen molar-refractivity contribution in [3.63, 3.8) is 0 Å². The van der Waals surface area contributed by atoms with Gasteiger partial charge in [-0.3, -0.25) is 28.8 Å². The van der Waals surface area contributed by atoms with Crippen molar-refractivity contribution in [2.75, 3.05) is 83.1 Å². The lowest BCUT2D eigenvalue weighted by Gasteiger charge is -2.56. The fourth-order valence-electron chi connectivity index (χ4n) is 16.2. The average Bonchev–Trinajstić information content (AvgIpc) is 1.48. The van der Waals surface area contributed by atoms with Gasteiger partial charge in [-0.1, -0.05) is 12.5 Å². The molecule has 3 saturated heterocycles. The molecule has 9 atom stereocenters. The monoisotopic (exact) mass is 1230 g/mol. The minimum Gasteiger partial charge on any atom is -0.492 e. The van der Waals surface area contributed by atoms with E-state index in [9.17, 15) is 43.5 Å². The molecule has 9 aliphatic rings. The van der Waals surface area contributed by atoms with Crippen molar-refractivity contribution in [1.82, 2.24) is 19.8 Å². The number of rotatable bonds is 19. The fraction of sp³-hybridized carbons (Fsp3) is 0.600. The van der Waals surface area contributed by atoms with Crippen LogP contribution in [0.3, 0.4) is 0 Å². The van der Waals surface area contributed by atoms with E-state index in [0.717, 1.165) is 30.5 Å². The Balaban J connectivity index is 0.719. The second kappa shape index (κ2) is 23.2. The third-order valence-corrected chi connectivity index (χ3v) is 20.7. The van der Waals surface area contributed by atoms with Crippen LogP contribution in [0.25, 0.3) is 21.8 Å². The molecule has 5 heterocycles. The summed E-state index contributed by atoms with van der Waals surface area (Å²) in [5.41, 5.74) is -3.06. The molecule has 5 saturated carbocycles. The van der Waals surface area contributed by atoms with Crippen LogP contribution in [0, 0.1) is 34.8 Å². The number of methoxy groups -OCH3 is 2. The van der Waals surface area contributed by atoms with Crippen LogP contribution in [0.5, 0.6) is 11.5 Å². The summed E-state index contributed by atoms with van der Waals surface area (Å²) < 4.78 is 76.7. The van der Waals surface area contributed by atoms with E-state index in [0.29, 0.717) is 102 Å². The van der Waals surface area contributed by atoms with E-state index in [1.807, 2.05) is 23.6 Å². The molecule has 0 bridgehead atoms. The quantitative estimate of drug-likeness (QED) is 0.0577. The van der Waals surface area contributed by atoms with Gasteiger partial charge in [-0.05, 0) is 113 Å². The number of epoxide rings is 1. The Bertz CT molecular complexity index is 3620. The number of ether oxygens (including phenoxy) is 7. The second-order valence-corrected chi connectivity index (χ2v) is 26.3. The van der Waals surface area contributed by atoms with Crippen LogP contribution in [0.4, 0.5) is 20.2 Å². The van der Waals surface area contributed by atoms with Crippen molar-refractivity contribution in [1.29, 1.82) is 0 Å². The number of Topliss-reactive ketones (excluding diaryl/α,β-unsaturated/α-hetero) is 1. The number of anilines is 2. The fourth-order valence-corrected chi connectivity index (χ4v) is 16.2. The number of esters is 4. The first-order chi connectivity index (χ1) is 42.7. The first kappa shape index (κ1) is 60.6. The largest absolute Gasteiger partial charge is 0.492 e. The number of allylic oxidation sites excluding steroid dienone is 1. The summed E-state index contributed by atoms with van der Waals surface area (Å²) in [5, 5.41) is 18.2. The molecule has 1 spiro atoms. The van der Waals surface area contributed by atoms with Crippen LogP contribution >= 0.6 is 0 Å². The van der Waals surface area contributed by atoms with E-state index in [1.165, 1.54) is 26.6 Å². The lowest BCUT2D eigenvalue weighted by molar-refractivity contribution is -0.157. The zero-order chi connectivity index (χ0) is 62.6. The number of hydrogen-bond donors (Lipinski definition) is 3. The molecular formula is C65H76F2N6O16. The molecule has 0 radical (unpaired) electrons. The Morgan fingerprint density at radius 1 is 0.730 bits per heavy atom. The SMILES string of the molecule is COc1c(N2CCNC(C)C2)c(F)cc2c(=O)c(C(=O)OCC(COC(=O)c3cn(C4CC4)c4c(OC)c(N5CCNC(C)C5)c(F)cc4c3=O)OC(=O)CCC(=O)OCC(=O)[C@@]34CC[C@H]5[C@@H]6CCC7=CC(=O)CC[C@]7(C)C6[C@@H](O)C[C@@]53O4)cn(C3CC3)c12. The lowest BCUT2D eigenvalue weighted by atomic mass is 9.48. The van der Waals surface area contributed by atoms with Crippen molar-refractivity contribution in [3.05, 3.63) is 79.4 Å². The summed E-state index contributed by atoms with van der Waals surface area (Å²) in [4.78, 5) is 114. The maximum Gasteiger partial charge on any atom is 0.343 e. The van der Waals surface area contributed by atoms with E-state index in [1.54, 1.807) is 15.2 Å². The highest BCUT2D eigenvalue weighted by Crippen LogP contribution is 2.73. The van der Waals surface area contributed by atoms with Crippen molar-refractivity contribution in [2.45, 2.75) is 152 Å². The normalized spacial score (nSPS) is 29.0. The van der Waals surface area contributed by atoms with Crippen molar-refractivity contribution in [2.24, 2.45) is 23.2 Å². The number of ketones is 2. The molecule has 3 aliphatic heterocycles. The van der Waals surface area contributed by atoms with Gasteiger partial charge in [0.05, 0.1) is 55.0 Å². The molecule has 0 amide bonds. The molecule has 2 aromatic heterocycles. The smallest absolute Gasteiger partial charge is 0.343 e. The van der Waals surface area contributed by atoms with Crippen LogP contribution in [-0.2, 0) is 42.9 Å². The molecule has 476 valence electrons. The first-order valence-corrected chi connectivity index (χ1v) is 31.4. The highest BCUT2D eigenvalue weighted by molar-refractivity contribution is 6.00. The maximum absolute atomic E-state index is 16.3. The van der Waals surface area contributed by atoms with Gasteiger partial charge in [0.15, 0.2) is 47.2 Å². The van der Waals surface area contributed by atoms with Crippen molar-refractivity contribution in [3.8, 4) is 11.5 Å². The lowest BCUT2D eigenvalue weighted by Crippen LogP contribution is -2.57. The minimum absolute atomic E-state index is 0.00132. The molecule has 24 heteroatoms. The van der Waals surface area contributed by atoms with Crippen LogP contribution in [0.1, 0.15) is 137 Å². The standard InChI is InChI=1S/C65H76F2N6O16/c1-33-26-70(20-18-68-33)55-46(66)23-41-53(59(55)83-4)72(36-7-8-36)28-43(57(41)79)61(81)86-30-39(31-87-62(82)44-29-73(37-9-10-37)54-42(58(44)80)24-47(67)56(60(54)84-5)71-21-19-69-34(2)27-71)88-51(78)13-12-50(77)85-32-49(76)64-17-15-45-40-11-6-35-22-38(74)14-16-63(35,3)52(40)48(75)25-65(45,64)89-64/h22-24,28-29,33-34,36-37,39-40,45,48,52,68-69,75H,6-21,25-27,30-32H2,1-5H3/t33?,34?,39?,40-,45-,48-,52?,63-,64-,65+/m0/s1. The number of nitrogens with one attached hydrogen (secondary N) is 2. The molecular weight excluding hydrogens is 1160 g/mol. The first-order valence-electron chi connectivity index (χ1n) is 31.4. The Kier molecular flexibility index (Phi) is 15.8. The number of benzene rings is 2. The van der Waals surface area contributed by atoms with Crippen molar-refractivity contribution < 1.29 is 75.8 Å². The number of piperazine rings is 2. The van der Waals surface area contributed by atoms with Crippen molar-refractivity contribution >= 4 is 68.6 Å². The molecule has 6 aliphatic carbocycles. The predicted molar refractivity (Wildman–Crippen MR) is 318 cm³/mol. The second-order valence-electron chi connectivity index (χ2n) is 26.3. The summed E-state index contributed by atoms with van der Waals surface area (Å²) in [7, 11) is 2.78.